The molecule has 0 saturated heterocycles. The topological polar surface area (TPSA) is 148 Å². The van der Waals surface area contributed by atoms with Gasteiger partial charge in [0.15, 0.2) is 0 Å². The van der Waals surface area contributed by atoms with E-state index in [1.54, 1.807) is 0 Å². The van der Waals surface area contributed by atoms with Crippen LogP contribution in [0.3, 0.4) is 0 Å². The summed E-state index contributed by atoms with van der Waals surface area (Å²) in [4.78, 5) is 0. The van der Waals surface area contributed by atoms with Crippen molar-refractivity contribution in [2.75, 3.05) is 0 Å². The highest BCUT2D eigenvalue weighted by Crippen LogP contribution is 1.59. The van der Waals surface area contributed by atoms with Crippen LogP contribution in [0.15, 0.2) is 0 Å². The average molecular weight is 166 g/mol. The van der Waals surface area contributed by atoms with Gasteiger partial charge in [0.2, 0.25) is 0 Å². The van der Waals surface area contributed by atoms with Crippen LogP contribution in [0, 0.1) is 0 Å². The SMILES string of the molecule is O=S(=O)(O)O.[NH4+].[NH4+].[S-2]. The average Bonchev–Trinajstić information content (AvgIpc) is 0.722. The fourth-order valence-electron chi connectivity index (χ4n) is 0. The molecule has 0 atom stereocenters. The Morgan fingerprint density at radius 1 is 1.00 bits per heavy atom. The van der Waals surface area contributed by atoms with Gasteiger partial charge in [-0.3, -0.25) is 9.11 Å². The summed E-state index contributed by atoms with van der Waals surface area (Å²) in [5.41, 5.74) is 0. The first-order chi connectivity index (χ1) is 2.00. The molecule has 0 aliphatic rings. The molecule has 8 heteroatoms. The van der Waals surface area contributed by atoms with Gasteiger partial charge >= 0.3 is 10.4 Å². The fourth-order valence-corrected chi connectivity index (χ4v) is 0. The van der Waals surface area contributed by atoms with Gasteiger partial charge < -0.3 is 25.8 Å². The molecule has 6 nitrogen and oxygen atoms in total. The highest BCUT2D eigenvalue weighted by Gasteiger charge is 1.84. The van der Waals surface area contributed by atoms with E-state index in [9.17, 15) is 0 Å². The molecule has 0 unspecified atom stereocenters. The van der Waals surface area contributed by atoms with Crippen LogP contribution in [0.1, 0.15) is 0 Å². The molecule has 0 rings (SSSR count). The molecule has 0 aromatic rings. The van der Waals surface area contributed by atoms with Crippen LogP contribution in [0.2, 0.25) is 0 Å². The van der Waals surface area contributed by atoms with Crippen LogP contribution < -0.4 is 12.3 Å². The minimum atomic E-state index is -4.67. The van der Waals surface area contributed by atoms with E-state index in [0.29, 0.717) is 0 Å². The number of hydrogen-bond acceptors (Lipinski definition) is 2. The van der Waals surface area contributed by atoms with E-state index in [-0.39, 0.29) is 25.8 Å². The number of rotatable bonds is 0. The van der Waals surface area contributed by atoms with Gasteiger partial charge in [0, 0.05) is 0 Å². The third kappa shape index (κ3) is 8280. The fraction of sp³-hybridized carbons (Fsp3) is 0. The molecule has 0 aromatic carbocycles. The molecule has 0 bridgehead atoms. The van der Waals surface area contributed by atoms with Crippen LogP contribution in [-0.2, 0) is 23.9 Å². The van der Waals surface area contributed by atoms with Crippen molar-refractivity contribution in [3.8, 4) is 0 Å². The normalized spacial score (nSPS) is 7.25. The minimum absolute atomic E-state index is 0. The molecule has 0 aliphatic heterocycles. The summed E-state index contributed by atoms with van der Waals surface area (Å²) < 4.78 is 31.6. The third-order valence-corrected chi connectivity index (χ3v) is 0. The van der Waals surface area contributed by atoms with Gasteiger partial charge in [-0.1, -0.05) is 0 Å². The molecule has 0 aromatic heterocycles. The van der Waals surface area contributed by atoms with Crippen molar-refractivity contribution in [2.24, 2.45) is 0 Å². The zero-order valence-corrected chi connectivity index (χ0v) is 6.16. The molecular weight excluding hydrogens is 156 g/mol. The van der Waals surface area contributed by atoms with E-state index in [4.69, 9.17) is 17.5 Å². The Labute approximate surface area is 54.5 Å². The second-order valence-electron chi connectivity index (χ2n) is 0.448. The lowest BCUT2D eigenvalue weighted by Crippen LogP contribution is -1.89. The van der Waals surface area contributed by atoms with Crippen molar-refractivity contribution in [3.63, 3.8) is 0 Å². The monoisotopic (exact) mass is 166 g/mol. The van der Waals surface area contributed by atoms with Crippen molar-refractivity contribution in [1.29, 1.82) is 0 Å². The maximum atomic E-state index is 8.74. The molecular formula is H10N2O4S2. The minimum Gasteiger partial charge on any atom is -2.00 e. The summed E-state index contributed by atoms with van der Waals surface area (Å²) in [6.07, 6.45) is 0. The lowest BCUT2D eigenvalue weighted by Gasteiger charge is -2.00. The molecule has 0 saturated carbocycles. The van der Waals surface area contributed by atoms with Gasteiger partial charge in [-0.05, 0) is 0 Å². The predicted octanol–water partition coefficient (Wildman–Crippen LogP) is 0.0972. The maximum absolute atomic E-state index is 8.74. The Morgan fingerprint density at radius 3 is 1.00 bits per heavy atom. The quantitative estimate of drug-likeness (QED) is 0.377. The smallest absolute Gasteiger partial charge is 0.394 e. The zero-order valence-electron chi connectivity index (χ0n) is 4.53. The first kappa shape index (κ1) is 24.2. The number of hydrogen-bond donors (Lipinski definition) is 4. The Hall–Kier alpha value is 0.140. The van der Waals surface area contributed by atoms with Crippen LogP contribution in [0.25, 0.3) is 0 Å². The van der Waals surface area contributed by atoms with E-state index in [1.807, 2.05) is 0 Å². The lowest BCUT2D eigenvalue weighted by atomic mass is 14.0. The summed E-state index contributed by atoms with van der Waals surface area (Å²) in [7, 11) is -4.67. The van der Waals surface area contributed by atoms with Gasteiger partial charge in [-0.15, -0.1) is 0 Å². The molecule has 0 spiro atoms. The lowest BCUT2D eigenvalue weighted by molar-refractivity contribution is 0.381. The predicted molar refractivity (Wildman–Crippen MR) is 33.5 cm³/mol. The van der Waals surface area contributed by atoms with Crippen molar-refractivity contribution in [3.05, 3.63) is 0 Å². The van der Waals surface area contributed by atoms with Crippen molar-refractivity contribution < 1.29 is 17.5 Å². The molecule has 0 fully saturated rings. The molecule has 0 aliphatic carbocycles. The van der Waals surface area contributed by atoms with Crippen molar-refractivity contribution in [2.45, 2.75) is 0 Å². The summed E-state index contributed by atoms with van der Waals surface area (Å²) in [6.45, 7) is 0. The van der Waals surface area contributed by atoms with Gasteiger partial charge in [0.1, 0.15) is 0 Å². The van der Waals surface area contributed by atoms with Gasteiger partial charge in [0.05, 0.1) is 0 Å². The molecule has 8 heavy (non-hydrogen) atoms. The molecule has 0 radical (unpaired) electrons. The van der Waals surface area contributed by atoms with E-state index in [1.165, 1.54) is 0 Å². The summed E-state index contributed by atoms with van der Waals surface area (Å²) in [6, 6.07) is 0. The molecule has 56 valence electrons. The highest BCUT2D eigenvalue weighted by molar-refractivity contribution is 7.79. The number of quaternary nitrogens is 2. The Morgan fingerprint density at radius 2 is 1.00 bits per heavy atom. The first-order valence-corrected chi connectivity index (χ1v) is 2.10. The highest BCUT2D eigenvalue weighted by atomic mass is 32.3. The van der Waals surface area contributed by atoms with Gasteiger partial charge in [-0.2, -0.15) is 8.42 Å². The van der Waals surface area contributed by atoms with Crippen LogP contribution in [0.5, 0.6) is 0 Å². The van der Waals surface area contributed by atoms with Crippen LogP contribution in [-0.4, -0.2) is 17.5 Å². The van der Waals surface area contributed by atoms with E-state index in [0.717, 1.165) is 0 Å². The van der Waals surface area contributed by atoms with Crippen molar-refractivity contribution >= 4 is 23.9 Å². The van der Waals surface area contributed by atoms with Gasteiger partial charge in [-0.25, -0.2) is 0 Å². The second kappa shape index (κ2) is 7.14. The second-order valence-corrected chi connectivity index (χ2v) is 1.34. The molecule has 0 amide bonds. The van der Waals surface area contributed by atoms with E-state index >= 15 is 0 Å². The van der Waals surface area contributed by atoms with Gasteiger partial charge in [0.25, 0.3) is 0 Å². The Bertz CT molecular complexity index is 95.2. The third-order valence-electron chi connectivity index (χ3n) is 0. The first-order valence-electron chi connectivity index (χ1n) is 0.698. The standard InChI is InChI=1S/2H3N.H2O4S.S/c;;1-5(2,3)4;/h2*1H3;(H2,1,2,3,4);/q;;;-2/p+2. The summed E-state index contributed by atoms with van der Waals surface area (Å²) in [5, 5.41) is 0. The van der Waals surface area contributed by atoms with Crippen LogP contribution >= 0.6 is 0 Å². The summed E-state index contributed by atoms with van der Waals surface area (Å²) >= 11 is 0. The van der Waals surface area contributed by atoms with E-state index < -0.39 is 10.4 Å². The van der Waals surface area contributed by atoms with Crippen molar-refractivity contribution in [1.82, 2.24) is 12.3 Å². The summed E-state index contributed by atoms with van der Waals surface area (Å²) in [5.74, 6) is 0. The molecule has 10 N–H and O–H groups in total. The zero-order chi connectivity index (χ0) is 4.50. The van der Waals surface area contributed by atoms with Crippen LogP contribution in [0.4, 0.5) is 0 Å². The maximum Gasteiger partial charge on any atom is 0.394 e. The molecule has 0 heterocycles. The largest absolute Gasteiger partial charge is 2.00 e. The Kier molecular flexibility index (Phi) is 21.6. The Balaban J connectivity index is -0.0000000267. The van der Waals surface area contributed by atoms with E-state index in [2.05, 4.69) is 0 Å².